The molecular formula is C23H33NO2. The Morgan fingerprint density at radius 2 is 1.31 bits per heavy atom. The number of hydrogen-bond acceptors (Lipinski definition) is 3. The predicted octanol–water partition coefficient (Wildman–Crippen LogP) is 5.63. The van der Waals surface area contributed by atoms with Crippen LogP contribution in [0.25, 0.3) is 0 Å². The highest BCUT2D eigenvalue weighted by Gasteiger charge is 2.23. The Labute approximate surface area is 158 Å². The number of nitrogens with zero attached hydrogens (tertiary/aromatic N) is 1. The van der Waals surface area contributed by atoms with Crippen LogP contribution in [0.2, 0.25) is 0 Å². The van der Waals surface area contributed by atoms with Gasteiger partial charge in [0.2, 0.25) is 0 Å². The van der Waals surface area contributed by atoms with Crippen LogP contribution in [0.3, 0.4) is 0 Å². The molecule has 3 nitrogen and oxygen atoms in total. The molecular weight excluding hydrogens is 322 g/mol. The molecule has 0 amide bonds. The van der Waals surface area contributed by atoms with Crippen molar-refractivity contribution in [2.75, 3.05) is 13.1 Å². The molecule has 0 fully saturated rings. The normalized spacial score (nSPS) is 13.7. The fraction of sp³-hybridized carbons (Fsp3) is 0.478. The van der Waals surface area contributed by atoms with Crippen LogP contribution in [0.5, 0.6) is 11.5 Å². The first kappa shape index (κ1) is 20.3. The standard InChI is InChI=1S/C23H33NO2/c1-5-21(17-9-12-20(25)13-10-17)22(6-2)18-11-14-23(26)19(15-18)16-24(7-3)8-4/h9-15,21-22,25-26H,5-8,16H2,1-4H3. The van der Waals surface area contributed by atoms with E-state index >= 15 is 0 Å². The van der Waals surface area contributed by atoms with Gasteiger partial charge in [0.05, 0.1) is 0 Å². The minimum absolute atomic E-state index is 0.308. The van der Waals surface area contributed by atoms with E-state index in [1.165, 1.54) is 11.1 Å². The van der Waals surface area contributed by atoms with E-state index in [4.69, 9.17) is 0 Å². The monoisotopic (exact) mass is 355 g/mol. The summed E-state index contributed by atoms with van der Waals surface area (Å²) in [6.45, 7) is 11.5. The molecule has 0 aliphatic carbocycles. The van der Waals surface area contributed by atoms with Crippen molar-refractivity contribution in [1.29, 1.82) is 0 Å². The van der Waals surface area contributed by atoms with Crippen molar-refractivity contribution in [3.63, 3.8) is 0 Å². The largest absolute Gasteiger partial charge is 0.508 e. The van der Waals surface area contributed by atoms with Crippen molar-refractivity contribution in [3.05, 3.63) is 59.2 Å². The van der Waals surface area contributed by atoms with Gasteiger partial charge in [-0.2, -0.15) is 0 Å². The Morgan fingerprint density at radius 1 is 0.769 bits per heavy atom. The number of benzene rings is 2. The molecule has 2 aromatic carbocycles. The summed E-state index contributed by atoms with van der Waals surface area (Å²) in [6.07, 6.45) is 2.07. The molecule has 142 valence electrons. The van der Waals surface area contributed by atoms with E-state index in [2.05, 4.69) is 44.7 Å². The summed E-state index contributed by atoms with van der Waals surface area (Å²) >= 11 is 0. The van der Waals surface area contributed by atoms with Gasteiger partial charge in [0, 0.05) is 12.1 Å². The Morgan fingerprint density at radius 3 is 1.85 bits per heavy atom. The molecule has 0 radical (unpaired) electrons. The lowest BCUT2D eigenvalue weighted by molar-refractivity contribution is 0.290. The lowest BCUT2D eigenvalue weighted by Gasteiger charge is -2.27. The fourth-order valence-corrected chi connectivity index (χ4v) is 3.88. The van der Waals surface area contributed by atoms with Gasteiger partial charge < -0.3 is 10.2 Å². The average molecular weight is 356 g/mol. The van der Waals surface area contributed by atoms with Gasteiger partial charge in [-0.25, -0.2) is 0 Å². The van der Waals surface area contributed by atoms with Gasteiger partial charge in [-0.3, -0.25) is 4.90 Å². The summed E-state index contributed by atoms with van der Waals surface area (Å²) < 4.78 is 0. The lowest BCUT2D eigenvalue weighted by atomic mass is 9.78. The predicted molar refractivity (Wildman–Crippen MR) is 109 cm³/mol. The number of aromatic hydroxyl groups is 2. The minimum atomic E-state index is 0.308. The van der Waals surface area contributed by atoms with Gasteiger partial charge in [0.1, 0.15) is 11.5 Å². The van der Waals surface area contributed by atoms with E-state index in [0.717, 1.165) is 38.0 Å². The SMILES string of the molecule is CCC(c1ccc(O)cc1)C(CC)c1ccc(O)c(CN(CC)CC)c1. The van der Waals surface area contributed by atoms with Crippen LogP contribution in [-0.2, 0) is 6.54 Å². The third-order valence-corrected chi connectivity index (χ3v) is 5.51. The van der Waals surface area contributed by atoms with Crippen LogP contribution in [0.4, 0.5) is 0 Å². The van der Waals surface area contributed by atoms with E-state index in [1.807, 2.05) is 18.2 Å². The average Bonchev–Trinajstić information content (AvgIpc) is 2.66. The maximum atomic E-state index is 10.3. The summed E-state index contributed by atoms with van der Waals surface area (Å²) in [5.74, 6) is 1.48. The first-order chi connectivity index (χ1) is 12.5. The molecule has 0 aromatic heterocycles. The molecule has 26 heavy (non-hydrogen) atoms. The number of hydrogen-bond donors (Lipinski definition) is 2. The highest BCUT2D eigenvalue weighted by molar-refractivity contribution is 5.39. The van der Waals surface area contributed by atoms with Crippen molar-refractivity contribution >= 4 is 0 Å². The number of rotatable bonds is 9. The fourth-order valence-electron chi connectivity index (χ4n) is 3.88. The molecule has 0 heterocycles. The van der Waals surface area contributed by atoms with E-state index in [9.17, 15) is 10.2 Å². The third-order valence-electron chi connectivity index (χ3n) is 5.51. The van der Waals surface area contributed by atoms with E-state index in [1.54, 1.807) is 12.1 Å². The van der Waals surface area contributed by atoms with Crippen LogP contribution in [0, 0.1) is 0 Å². The second-order valence-electron chi connectivity index (χ2n) is 6.97. The first-order valence-electron chi connectivity index (χ1n) is 9.86. The molecule has 0 saturated heterocycles. The van der Waals surface area contributed by atoms with Crippen LogP contribution in [0.1, 0.15) is 69.1 Å². The van der Waals surface area contributed by atoms with Crippen molar-refractivity contribution < 1.29 is 10.2 Å². The van der Waals surface area contributed by atoms with E-state index in [0.29, 0.717) is 23.3 Å². The maximum Gasteiger partial charge on any atom is 0.120 e. The molecule has 0 aliphatic heterocycles. The van der Waals surface area contributed by atoms with Gasteiger partial charge in [-0.05, 0) is 67.1 Å². The molecule has 0 saturated carbocycles. The first-order valence-corrected chi connectivity index (χ1v) is 9.86. The Bertz CT molecular complexity index is 677. The van der Waals surface area contributed by atoms with Crippen molar-refractivity contribution in [2.45, 2.75) is 58.9 Å². The molecule has 2 atom stereocenters. The van der Waals surface area contributed by atoms with Gasteiger partial charge in [-0.1, -0.05) is 52.0 Å². The van der Waals surface area contributed by atoms with Crippen LogP contribution in [-0.4, -0.2) is 28.2 Å². The smallest absolute Gasteiger partial charge is 0.120 e. The molecule has 3 heteroatoms. The summed E-state index contributed by atoms with van der Waals surface area (Å²) in [5.41, 5.74) is 3.55. The quantitative estimate of drug-likeness (QED) is 0.613. The number of phenols is 2. The Balaban J connectivity index is 2.34. The van der Waals surface area contributed by atoms with E-state index < -0.39 is 0 Å². The molecule has 2 unspecified atom stereocenters. The van der Waals surface area contributed by atoms with Crippen LogP contribution in [0.15, 0.2) is 42.5 Å². The van der Waals surface area contributed by atoms with Crippen LogP contribution >= 0.6 is 0 Å². The molecule has 0 aliphatic rings. The summed E-state index contributed by atoms with van der Waals surface area (Å²) in [7, 11) is 0. The zero-order valence-corrected chi connectivity index (χ0v) is 16.6. The topological polar surface area (TPSA) is 43.7 Å². The zero-order valence-electron chi connectivity index (χ0n) is 16.6. The Kier molecular flexibility index (Phi) is 7.52. The van der Waals surface area contributed by atoms with Crippen molar-refractivity contribution in [1.82, 2.24) is 4.90 Å². The summed E-state index contributed by atoms with van der Waals surface area (Å²) in [5, 5.41) is 19.9. The second-order valence-corrected chi connectivity index (χ2v) is 6.97. The lowest BCUT2D eigenvalue weighted by Crippen LogP contribution is -2.22. The van der Waals surface area contributed by atoms with Gasteiger partial charge in [-0.15, -0.1) is 0 Å². The Hall–Kier alpha value is -2.00. The highest BCUT2D eigenvalue weighted by atomic mass is 16.3. The van der Waals surface area contributed by atoms with Gasteiger partial charge in [0.15, 0.2) is 0 Å². The summed E-state index contributed by atoms with van der Waals surface area (Å²) in [4.78, 5) is 2.32. The summed E-state index contributed by atoms with van der Waals surface area (Å²) in [6, 6.07) is 13.7. The van der Waals surface area contributed by atoms with Gasteiger partial charge in [0.25, 0.3) is 0 Å². The van der Waals surface area contributed by atoms with Gasteiger partial charge >= 0.3 is 0 Å². The molecule has 0 spiro atoms. The minimum Gasteiger partial charge on any atom is -0.508 e. The second kappa shape index (κ2) is 9.63. The highest BCUT2D eigenvalue weighted by Crippen LogP contribution is 2.39. The van der Waals surface area contributed by atoms with Crippen molar-refractivity contribution in [3.8, 4) is 11.5 Å². The number of phenolic OH excluding ortho intramolecular Hbond substituents is 2. The third kappa shape index (κ3) is 4.79. The maximum absolute atomic E-state index is 10.3. The van der Waals surface area contributed by atoms with E-state index in [-0.39, 0.29) is 0 Å². The molecule has 2 rings (SSSR count). The molecule has 2 N–H and O–H groups in total. The van der Waals surface area contributed by atoms with Crippen LogP contribution < -0.4 is 0 Å². The zero-order chi connectivity index (χ0) is 19.1. The molecule has 0 bridgehead atoms. The molecule has 2 aromatic rings. The van der Waals surface area contributed by atoms with Crippen molar-refractivity contribution in [2.24, 2.45) is 0 Å².